The molecule has 0 radical (unpaired) electrons. The summed E-state index contributed by atoms with van der Waals surface area (Å²) in [5.41, 5.74) is 2.03. The maximum absolute atomic E-state index is 13.2. The van der Waals surface area contributed by atoms with Gasteiger partial charge in [0.25, 0.3) is 0 Å². The van der Waals surface area contributed by atoms with Gasteiger partial charge in [-0.05, 0) is 37.8 Å². The van der Waals surface area contributed by atoms with Gasteiger partial charge < -0.3 is 14.0 Å². The van der Waals surface area contributed by atoms with Crippen LogP contribution in [0.5, 0.6) is 5.75 Å². The number of carbonyl (C=O) groups excluding carboxylic acids is 1. The third kappa shape index (κ3) is 7.48. The van der Waals surface area contributed by atoms with Crippen LogP contribution >= 0.6 is 7.52 Å². The van der Waals surface area contributed by atoms with Crippen molar-refractivity contribution in [2.24, 2.45) is 0 Å². The van der Waals surface area contributed by atoms with Gasteiger partial charge in [-0.1, -0.05) is 44.9 Å². The van der Waals surface area contributed by atoms with E-state index in [2.05, 4.69) is 18.9 Å². The van der Waals surface area contributed by atoms with Crippen LogP contribution in [0.4, 0.5) is 0 Å². The standard InChI is InChI=1S/C19H32NO5P/c1-6-9-16-11-8-12-17(10-7-2)19(16)25-26(22,14-23-5)20-13-18(21)24-15(3)4/h8,11-12,15H,6-7,9-10,13-14H2,1-5H3,(H,20,22). The first kappa shape index (κ1) is 22.7. The Kier molecular flexibility index (Phi) is 9.92. The van der Waals surface area contributed by atoms with Gasteiger partial charge in [-0.3, -0.25) is 9.36 Å². The first-order valence-electron chi connectivity index (χ1n) is 9.18. The van der Waals surface area contributed by atoms with E-state index in [4.69, 9.17) is 14.0 Å². The second-order valence-corrected chi connectivity index (χ2v) is 8.57. The monoisotopic (exact) mass is 385 g/mol. The lowest BCUT2D eigenvalue weighted by atomic mass is 10.0. The number of rotatable bonds is 12. The topological polar surface area (TPSA) is 73.9 Å². The molecule has 0 spiro atoms. The molecule has 0 saturated carbocycles. The van der Waals surface area contributed by atoms with Crippen molar-refractivity contribution in [3.8, 4) is 5.75 Å². The van der Waals surface area contributed by atoms with E-state index >= 15 is 0 Å². The maximum Gasteiger partial charge on any atom is 0.342 e. The van der Waals surface area contributed by atoms with Crippen LogP contribution in [-0.4, -0.2) is 32.1 Å². The average Bonchev–Trinajstić information content (AvgIpc) is 2.56. The van der Waals surface area contributed by atoms with Crippen molar-refractivity contribution in [1.29, 1.82) is 0 Å². The van der Waals surface area contributed by atoms with E-state index in [1.165, 1.54) is 7.11 Å². The smallest absolute Gasteiger partial charge is 0.342 e. The molecule has 0 aliphatic carbocycles. The predicted octanol–water partition coefficient (Wildman–Crippen LogP) is 4.31. The third-order valence-electron chi connectivity index (χ3n) is 3.59. The van der Waals surface area contributed by atoms with E-state index in [0.29, 0.717) is 5.75 Å². The molecule has 1 aromatic rings. The Hall–Kier alpha value is -1.36. The molecule has 7 heteroatoms. The van der Waals surface area contributed by atoms with Gasteiger partial charge in [-0.25, -0.2) is 5.09 Å². The molecule has 0 fully saturated rings. The van der Waals surface area contributed by atoms with Crippen molar-refractivity contribution in [2.45, 2.75) is 59.5 Å². The summed E-state index contributed by atoms with van der Waals surface area (Å²) in [4.78, 5) is 11.8. The Labute approximate surface area is 157 Å². The number of hydrogen-bond acceptors (Lipinski definition) is 5. The molecule has 0 amide bonds. The van der Waals surface area contributed by atoms with Gasteiger partial charge in [-0.2, -0.15) is 0 Å². The molecule has 1 N–H and O–H groups in total. The van der Waals surface area contributed by atoms with E-state index in [1.54, 1.807) is 13.8 Å². The van der Waals surface area contributed by atoms with E-state index in [-0.39, 0.29) is 19.0 Å². The van der Waals surface area contributed by atoms with E-state index in [1.807, 2.05) is 18.2 Å². The molecule has 0 aliphatic rings. The Balaban J connectivity index is 3.04. The summed E-state index contributed by atoms with van der Waals surface area (Å²) in [5.74, 6) is 0.164. The van der Waals surface area contributed by atoms with Gasteiger partial charge in [0.1, 0.15) is 18.6 Å². The number of aryl methyl sites for hydroxylation is 2. The van der Waals surface area contributed by atoms with Crippen molar-refractivity contribution < 1.29 is 23.4 Å². The molecule has 0 aliphatic heterocycles. The molecule has 0 aromatic heterocycles. The molecular weight excluding hydrogens is 353 g/mol. The van der Waals surface area contributed by atoms with Crippen LogP contribution in [0.1, 0.15) is 51.7 Å². The van der Waals surface area contributed by atoms with Crippen molar-refractivity contribution in [2.75, 3.05) is 20.0 Å². The summed E-state index contributed by atoms with van der Waals surface area (Å²) in [6.45, 7) is 7.51. The molecule has 1 atom stereocenters. The Morgan fingerprint density at radius 1 is 1.15 bits per heavy atom. The Bertz CT molecular complexity index is 594. The fourth-order valence-electron chi connectivity index (χ4n) is 2.60. The molecule has 26 heavy (non-hydrogen) atoms. The molecule has 1 unspecified atom stereocenters. The number of ether oxygens (including phenoxy) is 2. The Morgan fingerprint density at radius 3 is 2.19 bits per heavy atom. The molecule has 0 heterocycles. The van der Waals surface area contributed by atoms with Gasteiger partial charge in [0, 0.05) is 7.11 Å². The molecule has 148 valence electrons. The van der Waals surface area contributed by atoms with Crippen molar-refractivity contribution in [3.63, 3.8) is 0 Å². The van der Waals surface area contributed by atoms with Gasteiger partial charge in [-0.15, -0.1) is 0 Å². The molecule has 0 saturated heterocycles. The van der Waals surface area contributed by atoms with Crippen LogP contribution in [0.3, 0.4) is 0 Å². The molecule has 0 bridgehead atoms. The molecule has 1 rings (SSSR count). The number of benzene rings is 1. The number of nitrogens with one attached hydrogen (secondary N) is 1. The van der Waals surface area contributed by atoms with Crippen LogP contribution in [0.25, 0.3) is 0 Å². The van der Waals surface area contributed by atoms with E-state index in [9.17, 15) is 9.36 Å². The van der Waals surface area contributed by atoms with Gasteiger partial charge in [0.05, 0.1) is 6.10 Å². The number of para-hydroxylation sites is 1. The summed E-state index contributed by atoms with van der Waals surface area (Å²) in [6.07, 6.45) is 3.20. The zero-order valence-corrected chi connectivity index (χ0v) is 17.4. The average molecular weight is 385 g/mol. The second kappa shape index (κ2) is 11.4. The first-order valence-corrected chi connectivity index (χ1v) is 11.0. The minimum Gasteiger partial charge on any atom is -0.462 e. The van der Waals surface area contributed by atoms with E-state index in [0.717, 1.165) is 36.8 Å². The summed E-state index contributed by atoms with van der Waals surface area (Å²) < 4.78 is 29.4. The summed E-state index contributed by atoms with van der Waals surface area (Å²) in [5, 5.41) is 2.72. The summed E-state index contributed by atoms with van der Waals surface area (Å²) >= 11 is 0. The highest BCUT2D eigenvalue weighted by Crippen LogP contribution is 2.45. The number of esters is 1. The number of methoxy groups -OCH3 is 1. The summed E-state index contributed by atoms with van der Waals surface area (Å²) in [6, 6.07) is 5.97. The quantitative estimate of drug-likeness (QED) is 0.427. The van der Waals surface area contributed by atoms with Crippen LogP contribution in [-0.2, 0) is 31.7 Å². The fourth-order valence-corrected chi connectivity index (χ4v) is 4.05. The van der Waals surface area contributed by atoms with Gasteiger partial charge in [0.15, 0.2) is 0 Å². The SMILES string of the molecule is CCCc1cccc(CCC)c1OP(=O)(COC)NCC(=O)OC(C)C. The van der Waals surface area contributed by atoms with Crippen LogP contribution < -0.4 is 9.61 Å². The third-order valence-corrected chi connectivity index (χ3v) is 5.30. The van der Waals surface area contributed by atoms with Gasteiger partial charge in [0.2, 0.25) is 0 Å². The highest BCUT2D eigenvalue weighted by Gasteiger charge is 2.28. The van der Waals surface area contributed by atoms with Crippen molar-refractivity contribution >= 4 is 13.5 Å². The first-order chi connectivity index (χ1) is 12.3. The molecule has 6 nitrogen and oxygen atoms in total. The predicted molar refractivity (Wildman–Crippen MR) is 104 cm³/mol. The minimum absolute atomic E-state index is 0.131. The number of carbonyl (C=O) groups is 1. The lowest BCUT2D eigenvalue weighted by Gasteiger charge is -2.23. The van der Waals surface area contributed by atoms with Crippen LogP contribution in [0, 0.1) is 0 Å². The fraction of sp³-hybridized carbons (Fsp3) is 0.632. The maximum atomic E-state index is 13.2. The van der Waals surface area contributed by atoms with Gasteiger partial charge >= 0.3 is 13.5 Å². The minimum atomic E-state index is -3.41. The highest BCUT2D eigenvalue weighted by atomic mass is 31.2. The van der Waals surface area contributed by atoms with Crippen molar-refractivity contribution in [1.82, 2.24) is 5.09 Å². The summed E-state index contributed by atoms with van der Waals surface area (Å²) in [7, 11) is -1.96. The van der Waals surface area contributed by atoms with Crippen molar-refractivity contribution in [3.05, 3.63) is 29.3 Å². The van der Waals surface area contributed by atoms with E-state index < -0.39 is 13.5 Å². The highest BCUT2D eigenvalue weighted by molar-refractivity contribution is 7.57. The largest absolute Gasteiger partial charge is 0.462 e. The molecular formula is C19H32NO5P. The lowest BCUT2D eigenvalue weighted by molar-refractivity contribution is -0.145. The zero-order valence-electron chi connectivity index (χ0n) is 16.5. The Morgan fingerprint density at radius 2 is 1.73 bits per heavy atom. The normalized spacial score (nSPS) is 13.5. The number of hydrogen-bond donors (Lipinski definition) is 1. The van der Waals surface area contributed by atoms with Crippen LogP contribution in [0.15, 0.2) is 18.2 Å². The molecule has 1 aromatic carbocycles. The zero-order chi connectivity index (χ0) is 19.6. The lowest BCUT2D eigenvalue weighted by Crippen LogP contribution is -2.27. The van der Waals surface area contributed by atoms with Crippen LogP contribution in [0.2, 0.25) is 0 Å². The second-order valence-electron chi connectivity index (χ2n) is 6.46.